The second-order valence-corrected chi connectivity index (χ2v) is 4.79. The number of benzene rings is 1. The van der Waals surface area contributed by atoms with E-state index in [9.17, 15) is 0 Å². The van der Waals surface area contributed by atoms with Crippen LogP contribution in [-0.4, -0.2) is 15.0 Å². The van der Waals surface area contributed by atoms with Crippen LogP contribution in [0.5, 0.6) is 0 Å². The Morgan fingerprint density at radius 2 is 2.11 bits per heavy atom. The van der Waals surface area contributed by atoms with Crippen LogP contribution in [0.4, 0.5) is 17.3 Å². The SMILES string of the molecule is Nc1ccc2nc(Nc3cncc(Br)c3)[nH]c2c1. The molecule has 0 amide bonds. The molecule has 0 fully saturated rings. The summed E-state index contributed by atoms with van der Waals surface area (Å²) in [7, 11) is 0. The van der Waals surface area contributed by atoms with Crippen LogP contribution in [0, 0.1) is 0 Å². The summed E-state index contributed by atoms with van der Waals surface area (Å²) in [5.74, 6) is 0.663. The van der Waals surface area contributed by atoms with E-state index in [0.29, 0.717) is 11.6 Å². The summed E-state index contributed by atoms with van der Waals surface area (Å²) in [4.78, 5) is 11.6. The highest BCUT2D eigenvalue weighted by molar-refractivity contribution is 9.10. The number of imidazole rings is 1. The maximum atomic E-state index is 5.72. The number of H-pyrrole nitrogens is 1. The van der Waals surface area contributed by atoms with Crippen molar-refractivity contribution in [1.82, 2.24) is 15.0 Å². The number of hydrogen-bond acceptors (Lipinski definition) is 4. The number of nitrogens with one attached hydrogen (secondary N) is 2. The van der Waals surface area contributed by atoms with E-state index in [1.165, 1.54) is 0 Å². The van der Waals surface area contributed by atoms with Crippen LogP contribution >= 0.6 is 15.9 Å². The Morgan fingerprint density at radius 3 is 2.94 bits per heavy atom. The summed E-state index contributed by atoms with van der Waals surface area (Å²) in [6.07, 6.45) is 3.46. The van der Waals surface area contributed by atoms with Crippen LogP contribution in [0.25, 0.3) is 11.0 Å². The molecule has 0 aliphatic rings. The molecule has 6 heteroatoms. The van der Waals surface area contributed by atoms with E-state index in [1.54, 1.807) is 12.4 Å². The third kappa shape index (κ3) is 2.14. The summed E-state index contributed by atoms with van der Waals surface area (Å²) in [6.45, 7) is 0. The van der Waals surface area contributed by atoms with Crippen molar-refractivity contribution >= 4 is 44.3 Å². The lowest BCUT2D eigenvalue weighted by Crippen LogP contribution is -1.92. The van der Waals surface area contributed by atoms with E-state index in [2.05, 4.69) is 36.2 Å². The Morgan fingerprint density at radius 1 is 1.22 bits per heavy atom. The molecule has 4 N–H and O–H groups in total. The maximum Gasteiger partial charge on any atom is 0.205 e. The number of hydrogen-bond donors (Lipinski definition) is 3. The standard InChI is InChI=1S/C12H10BrN5/c13-7-3-9(6-15-5-7)16-12-17-10-2-1-8(14)4-11(10)18-12/h1-6H,14H2,(H2,16,17,18). The van der Waals surface area contributed by atoms with Gasteiger partial charge in [0.25, 0.3) is 0 Å². The Kier molecular flexibility index (Phi) is 2.64. The van der Waals surface area contributed by atoms with Crippen LogP contribution < -0.4 is 11.1 Å². The van der Waals surface area contributed by atoms with Gasteiger partial charge < -0.3 is 16.0 Å². The van der Waals surface area contributed by atoms with Crippen molar-refractivity contribution in [1.29, 1.82) is 0 Å². The van der Waals surface area contributed by atoms with Gasteiger partial charge in [0.15, 0.2) is 0 Å². The zero-order chi connectivity index (χ0) is 12.5. The quantitative estimate of drug-likeness (QED) is 0.636. The van der Waals surface area contributed by atoms with Crippen LogP contribution in [0.2, 0.25) is 0 Å². The normalized spacial score (nSPS) is 10.7. The van der Waals surface area contributed by atoms with Gasteiger partial charge in [-0.15, -0.1) is 0 Å². The number of aromatic nitrogens is 3. The molecule has 1 aromatic carbocycles. The molecule has 3 rings (SSSR count). The number of halogens is 1. The molecule has 5 nitrogen and oxygen atoms in total. The van der Waals surface area contributed by atoms with Crippen molar-refractivity contribution in [2.24, 2.45) is 0 Å². The first-order valence-electron chi connectivity index (χ1n) is 5.33. The lowest BCUT2D eigenvalue weighted by Gasteiger charge is -2.01. The maximum absolute atomic E-state index is 5.72. The monoisotopic (exact) mass is 303 g/mol. The van der Waals surface area contributed by atoms with Crippen molar-refractivity contribution in [2.75, 3.05) is 11.1 Å². The lowest BCUT2D eigenvalue weighted by atomic mass is 10.3. The molecule has 0 spiro atoms. The Balaban J connectivity index is 1.95. The summed E-state index contributed by atoms with van der Waals surface area (Å²) in [5.41, 5.74) is 9.06. The minimum atomic E-state index is 0.663. The van der Waals surface area contributed by atoms with E-state index < -0.39 is 0 Å². The molecular weight excluding hydrogens is 294 g/mol. The first-order valence-corrected chi connectivity index (χ1v) is 6.13. The number of nitrogen functional groups attached to an aromatic ring is 1. The first-order chi connectivity index (χ1) is 8.70. The van der Waals surface area contributed by atoms with Gasteiger partial charge in [-0.1, -0.05) is 0 Å². The topological polar surface area (TPSA) is 79.6 Å². The van der Waals surface area contributed by atoms with Crippen molar-refractivity contribution in [3.63, 3.8) is 0 Å². The molecule has 0 bridgehead atoms. The highest BCUT2D eigenvalue weighted by Gasteiger charge is 2.03. The molecule has 2 heterocycles. The van der Waals surface area contributed by atoms with Gasteiger partial charge in [0, 0.05) is 16.4 Å². The predicted octanol–water partition coefficient (Wildman–Crippen LogP) is 3.05. The molecule has 0 radical (unpaired) electrons. The van der Waals surface area contributed by atoms with Crippen molar-refractivity contribution < 1.29 is 0 Å². The van der Waals surface area contributed by atoms with Crippen LogP contribution in [-0.2, 0) is 0 Å². The Bertz CT molecular complexity index is 707. The molecule has 0 aliphatic heterocycles. The highest BCUT2D eigenvalue weighted by atomic mass is 79.9. The van der Waals surface area contributed by atoms with E-state index in [0.717, 1.165) is 21.2 Å². The molecule has 0 saturated heterocycles. The average molecular weight is 304 g/mol. The number of nitrogens with two attached hydrogens (primary N) is 1. The highest BCUT2D eigenvalue weighted by Crippen LogP contribution is 2.21. The predicted molar refractivity (Wildman–Crippen MR) is 75.7 cm³/mol. The van der Waals surface area contributed by atoms with E-state index in [4.69, 9.17) is 5.73 Å². The van der Waals surface area contributed by atoms with Crippen LogP contribution in [0.3, 0.4) is 0 Å². The van der Waals surface area contributed by atoms with Gasteiger partial charge in [-0.05, 0) is 40.2 Å². The van der Waals surface area contributed by atoms with Crippen molar-refractivity contribution in [3.05, 3.63) is 41.1 Å². The second-order valence-electron chi connectivity index (χ2n) is 3.88. The third-order valence-electron chi connectivity index (χ3n) is 2.47. The minimum Gasteiger partial charge on any atom is -0.399 e. The molecule has 90 valence electrons. The fraction of sp³-hybridized carbons (Fsp3) is 0. The number of aromatic amines is 1. The summed E-state index contributed by atoms with van der Waals surface area (Å²) >= 11 is 3.37. The van der Waals surface area contributed by atoms with Crippen molar-refractivity contribution in [2.45, 2.75) is 0 Å². The van der Waals surface area contributed by atoms with Gasteiger partial charge in [0.2, 0.25) is 5.95 Å². The number of pyridine rings is 1. The van der Waals surface area contributed by atoms with Gasteiger partial charge >= 0.3 is 0 Å². The molecule has 0 unspecified atom stereocenters. The lowest BCUT2D eigenvalue weighted by molar-refractivity contribution is 1.26. The minimum absolute atomic E-state index is 0.663. The van der Waals surface area contributed by atoms with E-state index in [-0.39, 0.29) is 0 Å². The van der Waals surface area contributed by atoms with Gasteiger partial charge in [0.1, 0.15) is 0 Å². The Hall–Kier alpha value is -2.08. The van der Waals surface area contributed by atoms with Crippen LogP contribution in [0.1, 0.15) is 0 Å². The molecule has 0 aliphatic carbocycles. The molecular formula is C12H10BrN5. The van der Waals surface area contributed by atoms with Gasteiger partial charge in [-0.2, -0.15) is 0 Å². The summed E-state index contributed by atoms with van der Waals surface area (Å²) in [6, 6.07) is 7.49. The average Bonchev–Trinajstić information content (AvgIpc) is 2.70. The van der Waals surface area contributed by atoms with Crippen LogP contribution in [0.15, 0.2) is 41.1 Å². The van der Waals surface area contributed by atoms with Crippen molar-refractivity contribution in [3.8, 4) is 0 Å². The molecule has 2 aromatic heterocycles. The van der Waals surface area contributed by atoms with Gasteiger partial charge in [-0.3, -0.25) is 4.98 Å². The largest absolute Gasteiger partial charge is 0.399 e. The fourth-order valence-corrected chi connectivity index (χ4v) is 2.07. The zero-order valence-electron chi connectivity index (χ0n) is 9.31. The molecule has 0 saturated carbocycles. The van der Waals surface area contributed by atoms with Gasteiger partial charge in [0.05, 0.1) is 22.9 Å². The zero-order valence-corrected chi connectivity index (χ0v) is 10.9. The summed E-state index contributed by atoms with van der Waals surface area (Å²) < 4.78 is 0.910. The number of anilines is 3. The third-order valence-corrected chi connectivity index (χ3v) is 2.91. The number of nitrogens with zero attached hydrogens (tertiary/aromatic N) is 2. The number of fused-ring (bicyclic) bond motifs is 1. The molecule has 3 aromatic rings. The van der Waals surface area contributed by atoms with E-state index >= 15 is 0 Å². The molecule has 18 heavy (non-hydrogen) atoms. The van der Waals surface area contributed by atoms with Gasteiger partial charge in [-0.25, -0.2) is 4.98 Å². The fourth-order valence-electron chi connectivity index (χ4n) is 1.70. The smallest absolute Gasteiger partial charge is 0.205 e. The number of rotatable bonds is 2. The first kappa shape index (κ1) is 11.0. The van der Waals surface area contributed by atoms with E-state index in [1.807, 2.05) is 24.3 Å². The summed E-state index contributed by atoms with van der Waals surface area (Å²) in [5, 5.41) is 3.15. The Labute approximate surface area is 112 Å². The second kappa shape index (κ2) is 4.30. The molecule has 0 atom stereocenters.